The molecule has 4 nitrogen and oxygen atoms in total. The fourth-order valence-electron chi connectivity index (χ4n) is 4.89. The molecule has 1 atom stereocenters. The van der Waals surface area contributed by atoms with E-state index in [0.717, 1.165) is 36.6 Å². The lowest BCUT2D eigenvalue weighted by atomic mass is 9.74. The molecule has 0 radical (unpaired) electrons. The van der Waals surface area contributed by atoms with Crippen LogP contribution >= 0.6 is 0 Å². The Labute approximate surface area is 185 Å². The lowest BCUT2D eigenvalue weighted by Gasteiger charge is -2.31. The van der Waals surface area contributed by atoms with Crippen molar-refractivity contribution in [3.63, 3.8) is 0 Å². The predicted molar refractivity (Wildman–Crippen MR) is 119 cm³/mol. The molecule has 1 aliphatic rings. The van der Waals surface area contributed by atoms with Gasteiger partial charge in [-0.3, -0.25) is 4.98 Å². The first-order valence-corrected chi connectivity index (χ1v) is 11.1. The van der Waals surface area contributed by atoms with E-state index in [1.165, 1.54) is 17.7 Å². The molecule has 5 rings (SSSR count). The largest absolute Gasteiger partial charge is 0.420 e. The van der Waals surface area contributed by atoms with Crippen LogP contribution in [0.5, 0.6) is 0 Å². The van der Waals surface area contributed by atoms with Gasteiger partial charge in [-0.2, -0.15) is 0 Å². The van der Waals surface area contributed by atoms with Gasteiger partial charge >= 0.3 is 0 Å². The number of halogens is 2. The van der Waals surface area contributed by atoms with E-state index in [-0.39, 0.29) is 17.6 Å². The van der Waals surface area contributed by atoms with Crippen molar-refractivity contribution in [3.8, 4) is 11.5 Å². The van der Waals surface area contributed by atoms with E-state index < -0.39 is 0 Å². The average molecular weight is 434 g/mol. The minimum absolute atomic E-state index is 0.124. The second-order valence-corrected chi connectivity index (χ2v) is 8.87. The Morgan fingerprint density at radius 1 is 0.969 bits per heavy atom. The molecule has 0 unspecified atom stereocenters. The summed E-state index contributed by atoms with van der Waals surface area (Å²) in [6.07, 6.45) is 5.92. The average Bonchev–Trinajstić information content (AvgIpc) is 3.30. The number of benzene rings is 2. The molecule has 1 fully saturated rings. The van der Waals surface area contributed by atoms with E-state index >= 15 is 0 Å². The molecule has 0 bridgehead atoms. The van der Waals surface area contributed by atoms with Gasteiger partial charge in [0.15, 0.2) is 0 Å². The number of pyridine rings is 1. The van der Waals surface area contributed by atoms with Crippen LogP contribution in [0, 0.1) is 24.5 Å². The van der Waals surface area contributed by atoms with Crippen LogP contribution in [0.25, 0.3) is 22.4 Å². The van der Waals surface area contributed by atoms with Crippen LogP contribution in [-0.2, 0) is 0 Å². The number of nitrogens with zero attached hydrogens (tertiary/aromatic N) is 3. The van der Waals surface area contributed by atoms with Crippen molar-refractivity contribution in [2.45, 2.75) is 51.4 Å². The van der Waals surface area contributed by atoms with Crippen LogP contribution in [0.1, 0.15) is 61.5 Å². The Kier molecular flexibility index (Phi) is 5.45. The fourth-order valence-corrected chi connectivity index (χ4v) is 4.89. The van der Waals surface area contributed by atoms with Crippen molar-refractivity contribution in [2.75, 3.05) is 0 Å². The molecule has 2 heterocycles. The van der Waals surface area contributed by atoms with E-state index in [1.54, 1.807) is 31.2 Å². The van der Waals surface area contributed by atoms with Gasteiger partial charge in [0.05, 0.1) is 5.52 Å². The predicted octanol–water partition coefficient (Wildman–Crippen LogP) is 6.95. The molecule has 0 spiro atoms. The van der Waals surface area contributed by atoms with Gasteiger partial charge in [0.2, 0.25) is 11.8 Å². The van der Waals surface area contributed by atoms with Gasteiger partial charge in [-0.05, 0) is 92.0 Å². The Balaban J connectivity index is 1.29. The second-order valence-electron chi connectivity index (χ2n) is 8.87. The molecule has 164 valence electrons. The third-order valence-electron chi connectivity index (χ3n) is 6.91. The molecule has 6 heteroatoms. The molecular weight excluding hydrogens is 408 g/mol. The Hall–Kier alpha value is -3.15. The van der Waals surface area contributed by atoms with E-state index in [2.05, 4.69) is 22.1 Å². The van der Waals surface area contributed by atoms with Gasteiger partial charge in [-0.15, -0.1) is 10.2 Å². The molecule has 1 aliphatic carbocycles. The maximum atomic E-state index is 13.9. The molecule has 32 heavy (non-hydrogen) atoms. The first kappa shape index (κ1) is 20.7. The highest BCUT2D eigenvalue weighted by Gasteiger charge is 2.30. The summed E-state index contributed by atoms with van der Waals surface area (Å²) in [6, 6.07) is 11.8. The van der Waals surface area contributed by atoms with E-state index in [9.17, 15) is 8.78 Å². The summed E-state index contributed by atoms with van der Waals surface area (Å²) in [5.41, 5.74) is 3.20. The van der Waals surface area contributed by atoms with Crippen molar-refractivity contribution in [2.24, 2.45) is 5.92 Å². The van der Waals surface area contributed by atoms with E-state index in [4.69, 9.17) is 4.42 Å². The monoisotopic (exact) mass is 433 g/mol. The summed E-state index contributed by atoms with van der Waals surface area (Å²) in [7, 11) is 0. The normalized spacial score (nSPS) is 19.9. The molecule has 0 saturated heterocycles. The summed E-state index contributed by atoms with van der Waals surface area (Å²) in [5.74, 6) is 1.38. The van der Waals surface area contributed by atoms with E-state index in [1.807, 2.05) is 12.3 Å². The van der Waals surface area contributed by atoms with Gasteiger partial charge in [-0.1, -0.05) is 13.0 Å². The smallest absolute Gasteiger partial charge is 0.247 e. The maximum Gasteiger partial charge on any atom is 0.247 e. The van der Waals surface area contributed by atoms with Crippen molar-refractivity contribution in [3.05, 3.63) is 77.3 Å². The Morgan fingerprint density at radius 2 is 1.78 bits per heavy atom. The second kappa shape index (κ2) is 8.41. The van der Waals surface area contributed by atoms with Crippen molar-refractivity contribution < 1.29 is 13.2 Å². The topological polar surface area (TPSA) is 51.8 Å². The molecule has 0 amide bonds. The van der Waals surface area contributed by atoms with Crippen LogP contribution in [0.3, 0.4) is 0 Å². The first-order valence-electron chi connectivity index (χ1n) is 11.1. The zero-order valence-electron chi connectivity index (χ0n) is 18.2. The highest BCUT2D eigenvalue weighted by Crippen LogP contribution is 2.43. The quantitative estimate of drug-likeness (QED) is 0.349. The molecule has 0 aliphatic heterocycles. The van der Waals surface area contributed by atoms with E-state index in [0.29, 0.717) is 34.7 Å². The SMILES string of the molecule is Cc1ccc(-c2nnc([C@H](C)C3CCC(c4ccnc5ccc(F)cc45)CC3)o2)cc1F. The number of rotatable bonds is 4. The zero-order chi connectivity index (χ0) is 22.2. The van der Waals surface area contributed by atoms with Gasteiger partial charge in [0.1, 0.15) is 11.6 Å². The van der Waals surface area contributed by atoms with Gasteiger partial charge < -0.3 is 4.42 Å². The van der Waals surface area contributed by atoms with Gasteiger partial charge in [-0.25, -0.2) is 8.78 Å². The summed E-state index contributed by atoms with van der Waals surface area (Å²) in [6.45, 7) is 3.84. The molecule has 4 aromatic rings. The Morgan fingerprint density at radius 3 is 2.56 bits per heavy atom. The fraction of sp³-hybridized carbons (Fsp3) is 0.346. The molecule has 0 N–H and O–H groups in total. The number of fused-ring (bicyclic) bond motifs is 1. The van der Waals surface area contributed by atoms with Crippen LogP contribution < -0.4 is 0 Å². The summed E-state index contributed by atoms with van der Waals surface area (Å²) in [4.78, 5) is 4.38. The van der Waals surface area contributed by atoms with Gasteiger partial charge in [0, 0.05) is 23.1 Å². The van der Waals surface area contributed by atoms with Crippen LogP contribution in [0.4, 0.5) is 8.78 Å². The summed E-state index contributed by atoms with van der Waals surface area (Å²) in [5, 5.41) is 9.32. The highest BCUT2D eigenvalue weighted by molar-refractivity contribution is 5.82. The molecule has 2 aromatic heterocycles. The minimum Gasteiger partial charge on any atom is -0.420 e. The highest BCUT2D eigenvalue weighted by atomic mass is 19.1. The van der Waals surface area contributed by atoms with Crippen molar-refractivity contribution in [1.82, 2.24) is 15.2 Å². The lowest BCUT2D eigenvalue weighted by molar-refractivity contribution is 0.266. The number of aromatic nitrogens is 3. The third kappa shape index (κ3) is 3.90. The van der Waals surface area contributed by atoms with Crippen LogP contribution in [0.15, 0.2) is 53.1 Å². The number of aryl methyl sites for hydroxylation is 1. The standard InChI is InChI=1S/C26H25F2N3O/c1-15-3-4-19(13-23(15)28)26-31-30-25(32-26)16(2)17-5-7-18(8-6-17)21-11-12-29-24-10-9-20(27)14-22(21)24/h3-4,9-14,16-18H,5-8H2,1-2H3/t16-,17?,18?/m1/s1. The third-order valence-corrected chi connectivity index (χ3v) is 6.91. The molecule has 1 saturated carbocycles. The first-order chi connectivity index (χ1) is 15.5. The number of hydrogen-bond acceptors (Lipinski definition) is 4. The number of hydrogen-bond donors (Lipinski definition) is 0. The van der Waals surface area contributed by atoms with Crippen molar-refractivity contribution >= 4 is 10.9 Å². The summed E-state index contributed by atoms with van der Waals surface area (Å²) < 4.78 is 33.7. The minimum atomic E-state index is -0.280. The van der Waals surface area contributed by atoms with Crippen LogP contribution in [0.2, 0.25) is 0 Å². The van der Waals surface area contributed by atoms with Crippen LogP contribution in [-0.4, -0.2) is 15.2 Å². The van der Waals surface area contributed by atoms with Crippen molar-refractivity contribution in [1.29, 1.82) is 0 Å². The van der Waals surface area contributed by atoms with Gasteiger partial charge in [0.25, 0.3) is 0 Å². The molecule has 2 aromatic carbocycles. The zero-order valence-corrected chi connectivity index (χ0v) is 18.2. The molecular formula is C26H25F2N3O. The Bertz CT molecular complexity index is 1260. The maximum absolute atomic E-state index is 13.9. The summed E-state index contributed by atoms with van der Waals surface area (Å²) >= 11 is 0. The lowest BCUT2D eigenvalue weighted by Crippen LogP contribution is -2.18.